The van der Waals surface area contributed by atoms with Gasteiger partial charge in [-0.05, 0) is 37.3 Å². The van der Waals surface area contributed by atoms with E-state index in [4.69, 9.17) is 0 Å². The number of amides is 1. The van der Waals surface area contributed by atoms with Crippen molar-refractivity contribution in [3.8, 4) is 11.5 Å². The van der Waals surface area contributed by atoms with Crippen molar-refractivity contribution in [3.63, 3.8) is 0 Å². The van der Waals surface area contributed by atoms with Crippen LogP contribution >= 0.6 is 11.8 Å². The van der Waals surface area contributed by atoms with Gasteiger partial charge in [0.1, 0.15) is 0 Å². The molecule has 1 aromatic carbocycles. The molecule has 98 valence electrons. The summed E-state index contributed by atoms with van der Waals surface area (Å²) in [7, 11) is 0. The summed E-state index contributed by atoms with van der Waals surface area (Å²) in [6.07, 6.45) is 5.55. The number of phenols is 2. The van der Waals surface area contributed by atoms with Crippen LogP contribution in [0, 0.1) is 0 Å². The monoisotopic (exact) mass is 267 g/mol. The minimum atomic E-state index is -0.272. The van der Waals surface area contributed by atoms with Crippen LogP contribution in [0.25, 0.3) is 0 Å². The molecular formula is C13H17NO3S. The van der Waals surface area contributed by atoms with Gasteiger partial charge in [-0.2, -0.15) is 11.8 Å². The van der Waals surface area contributed by atoms with Gasteiger partial charge in [-0.15, -0.1) is 0 Å². The zero-order valence-corrected chi connectivity index (χ0v) is 11.1. The van der Waals surface area contributed by atoms with Gasteiger partial charge in [0, 0.05) is 16.9 Å². The van der Waals surface area contributed by atoms with Crippen molar-refractivity contribution in [1.29, 1.82) is 0 Å². The molecule has 0 bridgehead atoms. The Morgan fingerprint density at radius 2 is 2.11 bits per heavy atom. The van der Waals surface area contributed by atoms with Crippen molar-refractivity contribution < 1.29 is 15.0 Å². The van der Waals surface area contributed by atoms with Crippen molar-refractivity contribution >= 4 is 17.7 Å². The van der Waals surface area contributed by atoms with Crippen molar-refractivity contribution in [2.75, 3.05) is 12.8 Å². The quantitative estimate of drug-likeness (QED) is 0.731. The molecule has 0 unspecified atom stereocenters. The molecule has 1 saturated carbocycles. The number of carbonyl (C=O) groups is 1. The van der Waals surface area contributed by atoms with Crippen molar-refractivity contribution in [3.05, 3.63) is 23.8 Å². The summed E-state index contributed by atoms with van der Waals surface area (Å²) in [6, 6.07) is 4.09. The van der Waals surface area contributed by atoms with E-state index in [-0.39, 0.29) is 22.2 Å². The smallest absolute Gasteiger partial charge is 0.251 e. The van der Waals surface area contributed by atoms with Gasteiger partial charge in [0.05, 0.1) is 0 Å². The Morgan fingerprint density at radius 1 is 1.39 bits per heavy atom. The first-order valence-corrected chi connectivity index (χ1v) is 7.14. The third kappa shape index (κ3) is 2.56. The van der Waals surface area contributed by atoms with Crippen LogP contribution in [0.15, 0.2) is 18.2 Å². The lowest BCUT2D eigenvalue weighted by atomic mass is 9.84. The largest absolute Gasteiger partial charge is 0.504 e. The molecule has 1 aromatic rings. The first-order valence-electron chi connectivity index (χ1n) is 5.92. The third-order valence-corrected chi connectivity index (χ3v) is 4.93. The van der Waals surface area contributed by atoms with Gasteiger partial charge in [0.25, 0.3) is 5.91 Å². The van der Waals surface area contributed by atoms with Crippen molar-refractivity contribution in [2.24, 2.45) is 0 Å². The maximum atomic E-state index is 11.9. The van der Waals surface area contributed by atoms with Crippen molar-refractivity contribution in [2.45, 2.75) is 24.0 Å². The zero-order valence-electron chi connectivity index (χ0n) is 10.3. The Morgan fingerprint density at radius 3 is 2.61 bits per heavy atom. The molecule has 1 amide bonds. The van der Waals surface area contributed by atoms with E-state index in [2.05, 4.69) is 11.6 Å². The standard InChI is InChI=1S/C13H17NO3S/c1-18-13(5-2-6-13)8-14-12(17)9-3-4-10(15)11(16)7-9/h3-4,7,15-16H,2,5-6,8H2,1H3,(H,14,17). The first-order chi connectivity index (χ1) is 8.56. The van der Waals surface area contributed by atoms with E-state index in [1.807, 2.05) is 0 Å². The first kappa shape index (κ1) is 13.1. The summed E-state index contributed by atoms with van der Waals surface area (Å²) in [5.41, 5.74) is 0.362. The van der Waals surface area contributed by atoms with Gasteiger partial charge in [-0.3, -0.25) is 4.79 Å². The molecular weight excluding hydrogens is 250 g/mol. The van der Waals surface area contributed by atoms with Gasteiger partial charge in [-0.25, -0.2) is 0 Å². The Hall–Kier alpha value is -1.36. The molecule has 1 fully saturated rings. The predicted octanol–water partition coefficient (Wildman–Crippen LogP) is 2.11. The van der Waals surface area contributed by atoms with E-state index in [0.29, 0.717) is 12.1 Å². The zero-order chi connectivity index (χ0) is 13.2. The Labute approximate surface area is 110 Å². The summed E-state index contributed by atoms with van der Waals surface area (Å²) in [4.78, 5) is 11.9. The van der Waals surface area contributed by atoms with Crippen LogP contribution < -0.4 is 5.32 Å². The number of thioether (sulfide) groups is 1. The fraction of sp³-hybridized carbons (Fsp3) is 0.462. The molecule has 0 radical (unpaired) electrons. The van der Waals surface area contributed by atoms with Gasteiger partial charge < -0.3 is 15.5 Å². The van der Waals surface area contributed by atoms with Crippen LogP contribution in [0.3, 0.4) is 0 Å². The normalized spacial score (nSPS) is 16.9. The highest BCUT2D eigenvalue weighted by molar-refractivity contribution is 8.00. The molecule has 18 heavy (non-hydrogen) atoms. The second-order valence-electron chi connectivity index (χ2n) is 4.63. The minimum Gasteiger partial charge on any atom is -0.504 e. The van der Waals surface area contributed by atoms with Crippen LogP contribution in [-0.2, 0) is 0 Å². The lowest BCUT2D eigenvalue weighted by Gasteiger charge is -2.40. The molecule has 0 spiro atoms. The number of carbonyl (C=O) groups excluding carboxylic acids is 1. The van der Waals surface area contributed by atoms with Gasteiger partial charge >= 0.3 is 0 Å². The molecule has 0 saturated heterocycles. The predicted molar refractivity (Wildman–Crippen MR) is 72.2 cm³/mol. The average Bonchev–Trinajstić information content (AvgIpc) is 2.31. The van der Waals surface area contributed by atoms with E-state index in [9.17, 15) is 15.0 Å². The molecule has 1 aliphatic carbocycles. The van der Waals surface area contributed by atoms with E-state index in [0.717, 1.165) is 12.8 Å². The van der Waals surface area contributed by atoms with Crippen molar-refractivity contribution in [1.82, 2.24) is 5.32 Å². The average molecular weight is 267 g/mol. The number of rotatable bonds is 4. The molecule has 0 aliphatic heterocycles. The fourth-order valence-electron chi connectivity index (χ4n) is 2.03. The molecule has 4 nitrogen and oxygen atoms in total. The Kier molecular flexibility index (Phi) is 3.71. The maximum Gasteiger partial charge on any atom is 0.251 e. The number of nitrogens with one attached hydrogen (secondary N) is 1. The van der Waals surface area contributed by atoms with Crippen LogP contribution in [0.2, 0.25) is 0 Å². The molecule has 5 heteroatoms. The highest BCUT2D eigenvalue weighted by Crippen LogP contribution is 2.42. The van der Waals surface area contributed by atoms with Crippen LogP contribution in [0.5, 0.6) is 11.5 Å². The number of aromatic hydroxyl groups is 2. The van der Waals surface area contributed by atoms with E-state index in [1.165, 1.54) is 24.6 Å². The summed E-state index contributed by atoms with van der Waals surface area (Å²) in [5.74, 6) is -0.706. The molecule has 0 aromatic heterocycles. The van der Waals surface area contributed by atoms with Crippen LogP contribution in [0.1, 0.15) is 29.6 Å². The Balaban J connectivity index is 1.97. The number of hydrogen-bond acceptors (Lipinski definition) is 4. The summed E-state index contributed by atoms with van der Waals surface area (Å²) < 4.78 is 0.189. The molecule has 3 N–H and O–H groups in total. The molecule has 0 atom stereocenters. The van der Waals surface area contributed by atoms with Crippen LogP contribution in [0.4, 0.5) is 0 Å². The third-order valence-electron chi connectivity index (χ3n) is 3.51. The highest BCUT2D eigenvalue weighted by Gasteiger charge is 2.36. The maximum absolute atomic E-state index is 11.9. The minimum absolute atomic E-state index is 0.189. The number of hydrogen-bond donors (Lipinski definition) is 3. The number of phenolic OH excluding ortho intramolecular Hbond substituents is 2. The van der Waals surface area contributed by atoms with E-state index < -0.39 is 0 Å². The molecule has 1 aliphatic rings. The Bertz CT molecular complexity index is 452. The SMILES string of the molecule is CSC1(CNC(=O)c2ccc(O)c(O)c2)CCC1. The van der Waals surface area contributed by atoms with E-state index >= 15 is 0 Å². The molecule has 2 rings (SSSR count). The topological polar surface area (TPSA) is 69.6 Å². The fourth-order valence-corrected chi connectivity index (χ4v) is 2.95. The summed E-state index contributed by atoms with van der Waals surface area (Å²) >= 11 is 1.80. The van der Waals surface area contributed by atoms with Gasteiger partial charge in [0.2, 0.25) is 0 Å². The highest BCUT2D eigenvalue weighted by atomic mass is 32.2. The van der Waals surface area contributed by atoms with Gasteiger partial charge in [0.15, 0.2) is 11.5 Å². The summed E-state index contributed by atoms with van der Waals surface area (Å²) in [5, 5.41) is 21.4. The van der Waals surface area contributed by atoms with Crippen LogP contribution in [-0.4, -0.2) is 33.7 Å². The number of benzene rings is 1. The second-order valence-corrected chi connectivity index (χ2v) is 5.90. The second kappa shape index (κ2) is 5.10. The van der Waals surface area contributed by atoms with E-state index in [1.54, 1.807) is 11.8 Å². The van der Waals surface area contributed by atoms with Gasteiger partial charge in [-0.1, -0.05) is 6.42 Å². The lowest BCUT2D eigenvalue weighted by Crippen LogP contribution is -2.45. The molecule has 0 heterocycles. The summed E-state index contributed by atoms with van der Waals surface area (Å²) in [6.45, 7) is 0.647. The lowest BCUT2D eigenvalue weighted by molar-refractivity contribution is 0.0943.